The lowest BCUT2D eigenvalue weighted by atomic mass is 9.93. The number of hydrogen-bond donors (Lipinski definition) is 1. The predicted octanol–water partition coefficient (Wildman–Crippen LogP) is 2.99. The molecule has 0 spiro atoms. The SMILES string of the molecule is C[C@H](CNC[C@@H]1C[C@H]2C=C[C@H]1C2)c1ccncc1. The van der Waals surface area contributed by atoms with Gasteiger partial charge in [0.2, 0.25) is 0 Å². The minimum Gasteiger partial charge on any atom is -0.316 e. The summed E-state index contributed by atoms with van der Waals surface area (Å²) in [4.78, 5) is 4.07. The second-order valence-corrected chi connectivity index (χ2v) is 5.88. The van der Waals surface area contributed by atoms with Crippen LogP contribution in [0.4, 0.5) is 0 Å². The molecule has 1 heterocycles. The maximum Gasteiger partial charge on any atom is 0.0270 e. The molecule has 0 unspecified atom stereocenters. The number of pyridine rings is 1. The highest BCUT2D eigenvalue weighted by Gasteiger charge is 2.34. The van der Waals surface area contributed by atoms with Gasteiger partial charge in [0.05, 0.1) is 0 Å². The highest BCUT2D eigenvalue weighted by molar-refractivity contribution is 5.15. The summed E-state index contributed by atoms with van der Waals surface area (Å²) in [5.74, 6) is 3.20. The summed E-state index contributed by atoms with van der Waals surface area (Å²) in [6, 6.07) is 4.24. The molecule has 3 rings (SSSR count). The van der Waals surface area contributed by atoms with Gasteiger partial charge in [-0.25, -0.2) is 0 Å². The highest BCUT2D eigenvalue weighted by Crippen LogP contribution is 2.42. The van der Waals surface area contributed by atoms with Crippen LogP contribution in [0.15, 0.2) is 36.7 Å². The van der Waals surface area contributed by atoms with Gasteiger partial charge >= 0.3 is 0 Å². The van der Waals surface area contributed by atoms with Crippen LogP contribution < -0.4 is 5.32 Å². The summed E-state index contributed by atoms with van der Waals surface area (Å²) in [6.45, 7) is 4.53. The van der Waals surface area contributed by atoms with Crippen molar-refractivity contribution in [1.29, 1.82) is 0 Å². The Bertz CT molecular complexity index is 412. The smallest absolute Gasteiger partial charge is 0.0270 e. The van der Waals surface area contributed by atoms with Crippen LogP contribution in [0.3, 0.4) is 0 Å². The molecule has 2 aliphatic rings. The van der Waals surface area contributed by atoms with Crippen molar-refractivity contribution in [3.63, 3.8) is 0 Å². The largest absolute Gasteiger partial charge is 0.316 e. The molecule has 0 saturated heterocycles. The molecule has 2 nitrogen and oxygen atoms in total. The number of nitrogens with zero attached hydrogens (tertiary/aromatic N) is 1. The average Bonchev–Trinajstić information content (AvgIpc) is 3.02. The van der Waals surface area contributed by atoms with E-state index in [1.807, 2.05) is 12.4 Å². The van der Waals surface area contributed by atoms with E-state index < -0.39 is 0 Å². The number of nitrogens with one attached hydrogen (secondary N) is 1. The van der Waals surface area contributed by atoms with Crippen molar-refractivity contribution in [1.82, 2.24) is 10.3 Å². The van der Waals surface area contributed by atoms with Crippen LogP contribution in [-0.2, 0) is 0 Å². The zero-order chi connectivity index (χ0) is 12.4. The first-order chi connectivity index (χ1) is 8.83. The molecular formula is C16H22N2. The van der Waals surface area contributed by atoms with Crippen LogP contribution in [0, 0.1) is 17.8 Å². The Labute approximate surface area is 110 Å². The molecule has 1 aromatic rings. The summed E-state index contributed by atoms with van der Waals surface area (Å²) >= 11 is 0. The van der Waals surface area contributed by atoms with Crippen molar-refractivity contribution in [3.8, 4) is 0 Å². The zero-order valence-electron chi connectivity index (χ0n) is 11.0. The van der Waals surface area contributed by atoms with Crippen LogP contribution in [0.25, 0.3) is 0 Å². The van der Waals surface area contributed by atoms with Crippen molar-refractivity contribution in [2.75, 3.05) is 13.1 Å². The Balaban J connectivity index is 1.44. The normalized spacial score (nSPS) is 30.8. The van der Waals surface area contributed by atoms with E-state index in [1.54, 1.807) is 0 Å². The molecule has 1 saturated carbocycles. The predicted molar refractivity (Wildman–Crippen MR) is 74.4 cm³/mol. The molecular weight excluding hydrogens is 220 g/mol. The van der Waals surface area contributed by atoms with Gasteiger partial charge in [-0.3, -0.25) is 4.98 Å². The zero-order valence-corrected chi connectivity index (χ0v) is 11.0. The van der Waals surface area contributed by atoms with Gasteiger partial charge in [-0.15, -0.1) is 0 Å². The lowest BCUT2D eigenvalue weighted by molar-refractivity contribution is 0.409. The monoisotopic (exact) mass is 242 g/mol. The molecule has 2 heteroatoms. The number of hydrogen-bond acceptors (Lipinski definition) is 2. The minimum atomic E-state index is 0.571. The lowest BCUT2D eigenvalue weighted by Crippen LogP contribution is -2.28. The Morgan fingerprint density at radius 2 is 2.11 bits per heavy atom. The van der Waals surface area contributed by atoms with E-state index in [1.165, 1.54) is 24.9 Å². The van der Waals surface area contributed by atoms with Gasteiger partial charge < -0.3 is 5.32 Å². The van der Waals surface area contributed by atoms with Crippen LogP contribution in [0.2, 0.25) is 0 Å². The van der Waals surface area contributed by atoms with Crippen LogP contribution in [0.1, 0.15) is 31.2 Å². The Hall–Kier alpha value is -1.15. The molecule has 4 atom stereocenters. The molecule has 1 N–H and O–H groups in total. The maximum absolute atomic E-state index is 4.07. The minimum absolute atomic E-state index is 0.571. The fourth-order valence-electron chi connectivity index (χ4n) is 3.42. The quantitative estimate of drug-likeness (QED) is 0.803. The van der Waals surface area contributed by atoms with Gasteiger partial charge in [0.15, 0.2) is 0 Å². The van der Waals surface area contributed by atoms with Gasteiger partial charge in [0.25, 0.3) is 0 Å². The van der Waals surface area contributed by atoms with Crippen molar-refractivity contribution >= 4 is 0 Å². The van der Waals surface area contributed by atoms with Crippen LogP contribution in [0.5, 0.6) is 0 Å². The summed E-state index contributed by atoms with van der Waals surface area (Å²) in [6.07, 6.45) is 11.4. The number of allylic oxidation sites excluding steroid dienone is 2. The van der Waals surface area contributed by atoms with Gasteiger partial charge in [-0.05, 0) is 60.8 Å². The molecule has 0 amide bonds. The average molecular weight is 242 g/mol. The first kappa shape index (κ1) is 11.9. The van der Waals surface area contributed by atoms with Crippen LogP contribution >= 0.6 is 0 Å². The highest BCUT2D eigenvalue weighted by atomic mass is 14.9. The Morgan fingerprint density at radius 1 is 1.28 bits per heavy atom. The molecule has 0 aromatic carbocycles. The van der Waals surface area contributed by atoms with E-state index >= 15 is 0 Å². The van der Waals surface area contributed by atoms with Gasteiger partial charge in [0.1, 0.15) is 0 Å². The fraction of sp³-hybridized carbons (Fsp3) is 0.562. The Morgan fingerprint density at radius 3 is 2.78 bits per heavy atom. The summed E-state index contributed by atoms with van der Waals surface area (Å²) in [5.41, 5.74) is 1.38. The van der Waals surface area contributed by atoms with Crippen molar-refractivity contribution in [2.24, 2.45) is 17.8 Å². The fourth-order valence-corrected chi connectivity index (χ4v) is 3.42. The number of fused-ring (bicyclic) bond motifs is 2. The van der Waals surface area contributed by atoms with Crippen molar-refractivity contribution in [2.45, 2.75) is 25.7 Å². The molecule has 2 aliphatic carbocycles. The van der Waals surface area contributed by atoms with E-state index in [0.29, 0.717) is 5.92 Å². The topological polar surface area (TPSA) is 24.9 Å². The second-order valence-electron chi connectivity index (χ2n) is 5.88. The standard InChI is InChI=1S/C16H22N2/c1-12(14-4-6-17-7-5-14)10-18-11-16-9-13-2-3-15(16)8-13/h2-7,12-13,15-16,18H,8-11H2,1H3/t12-,13+,15+,16+/m1/s1. The third-order valence-corrected chi connectivity index (χ3v) is 4.55. The molecule has 2 bridgehead atoms. The van der Waals surface area contributed by atoms with Gasteiger partial charge in [0, 0.05) is 18.9 Å². The van der Waals surface area contributed by atoms with E-state index in [2.05, 4.69) is 41.5 Å². The lowest BCUT2D eigenvalue weighted by Gasteiger charge is -2.20. The maximum atomic E-state index is 4.07. The summed E-state index contributed by atoms with van der Waals surface area (Å²) < 4.78 is 0. The second kappa shape index (κ2) is 5.23. The van der Waals surface area contributed by atoms with Crippen molar-refractivity contribution in [3.05, 3.63) is 42.2 Å². The number of aromatic nitrogens is 1. The van der Waals surface area contributed by atoms with E-state index in [4.69, 9.17) is 0 Å². The van der Waals surface area contributed by atoms with Crippen LogP contribution in [-0.4, -0.2) is 18.1 Å². The third-order valence-electron chi connectivity index (χ3n) is 4.55. The molecule has 0 aliphatic heterocycles. The molecule has 0 radical (unpaired) electrons. The van der Waals surface area contributed by atoms with E-state index in [9.17, 15) is 0 Å². The summed E-state index contributed by atoms with van der Waals surface area (Å²) in [5, 5.41) is 3.66. The van der Waals surface area contributed by atoms with Gasteiger partial charge in [-0.1, -0.05) is 19.1 Å². The third kappa shape index (κ3) is 2.49. The first-order valence-electron chi connectivity index (χ1n) is 7.12. The van der Waals surface area contributed by atoms with Gasteiger partial charge in [-0.2, -0.15) is 0 Å². The van der Waals surface area contributed by atoms with E-state index in [0.717, 1.165) is 24.3 Å². The number of rotatable bonds is 5. The molecule has 1 fully saturated rings. The molecule has 1 aromatic heterocycles. The molecule has 18 heavy (non-hydrogen) atoms. The Kier molecular flexibility index (Phi) is 3.46. The summed E-state index contributed by atoms with van der Waals surface area (Å²) in [7, 11) is 0. The molecule has 96 valence electrons. The van der Waals surface area contributed by atoms with Crippen molar-refractivity contribution < 1.29 is 0 Å². The first-order valence-corrected chi connectivity index (χ1v) is 7.12. The van der Waals surface area contributed by atoms with E-state index in [-0.39, 0.29) is 0 Å².